The van der Waals surface area contributed by atoms with Crippen molar-refractivity contribution in [1.82, 2.24) is 15.0 Å². The van der Waals surface area contributed by atoms with Gasteiger partial charge in [0.25, 0.3) is 0 Å². The number of anilines is 1. The van der Waals surface area contributed by atoms with Gasteiger partial charge < -0.3 is 5.73 Å². The lowest BCUT2D eigenvalue weighted by atomic mass is 10.1. The number of aromatic nitrogens is 3. The summed E-state index contributed by atoms with van der Waals surface area (Å²) in [4.78, 5) is 0. The molecule has 0 atom stereocenters. The van der Waals surface area contributed by atoms with Crippen LogP contribution in [0.2, 0.25) is 0 Å². The Labute approximate surface area is 117 Å². The maximum Gasteiger partial charge on any atom is 0.159 e. The van der Waals surface area contributed by atoms with Crippen LogP contribution in [0.25, 0.3) is 16.9 Å². The Hall–Kier alpha value is -2.83. The summed E-state index contributed by atoms with van der Waals surface area (Å²) in [6.45, 7) is 0. The highest BCUT2D eigenvalue weighted by atomic mass is 19.2. The normalized spacial score (nSPS) is 10.8. The molecular formula is C14H9F3N4. The van der Waals surface area contributed by atoms with Crippen LogP contribution in [0.15, 0.2) is 42.5 Å². The molecule has 0 spiro atoms. The van der Waals surface area contributed by atoms with E-state index in [4.69, 9.17) is 5.73 Å². The molecule has 1 aromatic heterocycles. The van der Waals surface area contributed by atoms with Crippen molar-refractivity contribution >= 4 is 5.82 Å². The van der Waals surface area contributed by atoms with E-state index in [9.17, 15) is 13.2 Å². The number of nitrogens with zero attached hydrogens (tertiary/aromatic N) is 3. The summed E-state index contributed by atoms with van der Waals surface area (Å²) in [5, 5.41) is 7.65. The van der Waals surface area contributed by atoms with Crippen LogP contribution in [0.5, 0.6) is 0 Å². The van der Waals surface area contributed by atoms with Gasteiger partial charge in [0.2, 0.25) is 0 Å². The molecule has 21 heavy (non-hydrogen) atoms. The van der Waals surface area contributed by atoms with Gasteiger partial charge in [-0.15, -0.1) is 5.10 Å². The molecular weight excluding hydrogens is 281 g/mol. The average Bonchev–Trinajstić information content (AvgIpc) is 2.84. The Morgan fingerprint density at radius 1 is 0.952 bits per heavy atom. The minimum absolute atomic E-state index is 0.103. The average molecular weight is 290 g/mol. The molecule has 3 aromatic rings. The smallest absolute Gasteiger partial charge is 0.159 e. The fraction of sp³-hybridized carbons (Fsp3) is 0. The number of hydrogen-bond donors (Lipinski definition) is 1. The van der Waals surface area contributed by atoms with E-state index in [-0.39, 0.29) is 17.1 Å². The zero-order valence-electron chi connectivity index (χ0n) is 10.6. The Kier molecular flexibility index (Phi) is 3.09. The fourth-order valence-electron chi connectivity index (χ4n) is 1.94. The number of nitrogen functional groups attached to an aromatic ring is 1. The van der Waals surface area contributed by atoms with Gasteiger partial charge >= 0.3 is 0 Å². The monoisotopic (exact) mass is 290 g/mol. The summed E-state index contributed by atoms with van der Waals surface area (Å²) in [5.74, 6) is -2.31. The first kappa shape index (κ1) is 13.2. The van der Waals surface area contributed by atoms with Crippen molar-refractivity contribution < 1.29 is 13.2 Å². The van der Waals surface area contributed by atoms with Crippen molar-refractivity contribution in [3.63, 3.8) is 0 Å². The second-order valence-corrected chi connectivity index (χ2v) is 4.34. The van der Waals surface area contributed by atoms with Crippen LogP contribution in [0.1, 0.15) is 0 Å². The molecule has 0 aliphatic heterocycles. The topological polar surface area (TPSA) is 56.7 Å². The third-order valence-corrected chi connectivity index (χ3v) is 2.95. The summed E-state index contributed by atoms with van der Waals surface area (Å²) in [7, 11) is 0. The van der Waals surface area contributed by atoms with Crippen molar-refractivity contribution in [3.8, 4) is 16.9 Å². The van der Waals surface area contributed by atoms with Crippen LogP contribution >= 0.6 is 0 Å². The quantitative estimate of drug-likeness (QED) is 0.789. The van der Waals surface area contributed by atoms with Crippen LogP contribution in [0.3, 0.4) is 0 Å². The molecule has 7 heteroatoms. The van der Waals surface area contributed by atoms with E-state index in [0.717, 1.165) is 12.1 Å². The van der Waals surface area contributed by atoms with Gasteiger partial charge in [-0.3, -0.25) is 0 Å². The van der Waals surface area contributed by atoms with Crippen LogP contribution in [-0.4, -0.2) is 15.0 Å². The van der Waals surface area contributed by atoms with E-state index in [1.165, 1.54) is 28.9 Å². The lowest BCUT2D eigenvalue weighted by Gasteiger charge is -2.04. The number of hydrogen-bond acceptors (Lipinski definition) is 3. The lowest BCUT2D eigenvalue weighted by Crippen LogP contribution is -2.02. The molecule has 0 aliphatic carbocycles. The molecule has 1 heterocycles. The molecule has 0 unspecified atom stereocenters. The number of benzene rings is 2. The zero-order valence-corrected chi connectivity index (χ0v) is 10.6. The SMILES string of the molecule is Nc1c(-c2ccc(F)c(F)c2)nnn1-c1cccc(F)c1. The Bertz CT molecular complexity index is 814. The van der Waals surface area contributed by atoms with Crippen molar-refractivity contribution in [3.05, 3.63) is 59.9 Å². The van der Waals surface area contributed by atoms with Gasteiger partial charge in [-0.05, 0) is 36.4 Å². The first-order chi connectivity index (χ1) is 10.1. The van der Waals surface area contributed by atoms with Gasteiger partial charge in [0.1, 0.15) is 11.5 Å². The largest absolute Gasteiger partial charge is 0.382 e. The molecule has 0 radical (unpaired) electrons. The van der Waals surface area contributed by atoms with Gasteiger partial charge in [0, 0.05) is 5.56 Å². The van der Waals surface area contributed by atoms with Crippen molar-refractivity contribution in [2.75, 3.05) is 5.73 Å². The summed E-state index contributed by atoms with van der Waals surface area (Å²) in [5.41, 5.74) is 6.77. The highest BCUT2D eigenvalue weighted by Crippen LogP contribution is 2.26. The third-order valence-electron chi connectivity index (χ3n) is 2.95. The molecule has 3 rings (SSSR count). The van der Waals surface area contributed by atoms with Gasteiger partial charge in [0.05, 0.1) is 5.69 Å². The predicted molar refractivity (Wildman–Crippen MR) is 71.1 cm³/mol. The molecule has 0 amide bonds. The summed E-state index contributed by atoms with van der Waals surface area (Å²) in [6.07, 6.45) is 0. The number of rotatable bonds is 2. The van der Waals surface area contributed by atoms with E-state index < -0.39 is 17.5 Å². The van der Waals surface area contributed by atoms with Gasteiger partial charge in [-0.25, -0.2) is 13.2 Å². The second kappa shape index (κ2) is 4.93. The second-order valence-electron chi connectivity index (χ2n) is 4.34. The van der Waals surface area contributed by atoms with Gasteiger partial charge in [-0.2, -0.15) is 4.68 Å². The highest BCUT2D eigenvalue weighted by molar-refractivity contribution is 5.70. The van der Waals surface area contributed by atoms with Crippen LogP contribution in [-0.2, 0) is 0 Å². The molecule has 0 saturated heterocycles. The summed E-state index contributed by atoms with van der Waals surface area (Å²) >= 11 is 0. The van der Waals surface area contributed by atoms with Crippen LogP contribution < -0.4 is 5.73 Å². The van der Waals surface area contributed by atoms with Crippen molar-refractivity contribution in [2.45, 2.75) is 0 Å². The molecule has 106 valence electrons. The molecule has 2 aromatic carbocycles. The Morgan fingerprint density at radius 3 is 2.48 bits per heavy atom. The standard InChI is InChI=1S/C14H9F3N4/c15-9-2-1-3-10(7-9)21-14(18)13(19-20-21)8-4-5-11(16)12(17)6-8/h1-7H,18H2. The zero-order chi connectivity index (χ0) is 15.0. The summed E-state index contributed by atoms with van der Waals surface area (Å²) < 4.78 is 40.6. The molecule has 0 saturated carbocycles. The number of nitrogens with two attached hydrogens (primary N) is 1. The van der Waals surface area contributed by atoms with E-state index in [1.807, 2.05) is 0 Å². The molecule has 2 N–H and O–H groups in total. The molecule has 0 fully saturated rings. The molecule has 0 bridgehead atoms. The van der Waals surface area contributed by atoms with E-state index >= 15 is 0 Å². The first-order valence-corrected chi connectivity index (χ1v) is 5.99. The minimum atomic E-state index is -1.01. The van der Waals surface area contributed by atoms with Crippen molar-refractivity contribution in [1.29, 1.82) is 0 Å². The minimum Gasteiger partial charge on any atom is -0.382 e. The maximum absolute atomic E-state index is 13.3. The Balaban J connectivity index is 2.09. The van der Waals surface area contributed by atoms with Crippen LogP contribution in [0, 0.1) is 17.5 Å². The fourth-order valence-corrected chi connectivity index (χ4v) is 1.94. The highest BCUT2D eigenvalue weighted by Gasteiger charge is 2.15. The lowest BCUT2D eigenvalue weighted by molar-refractivity contribution is 0.509. The van der Waals surface area contributed by atoms with E-state index in [2.05, 4.69) is 10.3 Å². The third kappa shape index (κ3) is 2.33. The first-order valence-electron chi connectivity index (χ1n) is 5.99. The van der Waals surface area contributed by atoms with E-state index in [1.54, 1.807) is 6.07 Å². The van der Waals surface area contributed by atoms with Gasteiger partial charge in [-0.1, -0.05) is 11.3 Å². The number of halogens is 3. The van der Waals surface area contributed by atoms with E-state index in [0.29, 0.717) is 5.69 Å². The summed E-state index contributed by atoms with van der Waals surface area (Å²) in [6, 6.07) is 8.92. The van der Waals surface area contributed by atoms with Crippen LogP contribution in [0.4, 0.5) is 19.0 Å². The predicted octanol–water partition coefficient (Wildman–Crippen LogP) is 2.93. The van der Waals surface area contributed by atoms with Crippen molar-refractivity contribution in [2.24, 2.45) is 0 Å². The Morgan fingerprint density at radius 2 is 1.76 bits per heavy atom. The molecule has 4 nitrogen and oxygen atoms in total. The maximum atomic E-state index is 13.3. The molecule has 0 aliphatic rings. The van der Waals surface area contributed by atoms with Gasteiger partial charge in [0.15, 0.2) is 17.5 Å².